The lowest BCUT2D eigenvalue weighted by Gasteiger charge is -2.34. The molecular weight excluding hydrogens is 393 g/mol. The summed E-state index contributed by atoms with van der Waals surface area (Å²) in [6, 6.07) is 18.3. The second kappa shape index (κ2) is 8.38. The molecule has 1 aliphatic rings. The zero-order valence-corrected chi connectivity index (χ0v) is 17.2. The van der Waals surface area contributed by atoms with E-state index in [9.17, 15) is 9.18 Å². The van der Waals surface area contributed by atoms with Crippen LogP contribution < -0.4 is 0 Å². The van der Waals surface area contributed by atoms with Gasteiger partial charge in [-0.1, -0.05) is 35.5 Å². The number of piperidine rings is 1. The number of amides is 1. The number of carbonyl (C=O) groups excluding carboxylic acids is 1. The highest BCUT2D eigenvalue weighted by atomic mass is 19.1. The third-order valence-electron chi connectivity index (χ3n) is 6.20. The lowest BCUT2D eigenvalue weighted by molar-refractivity contribution is -0.135. The van der Waals surface area contributed by atoms with Crippen molar-refractivity contribution >= 4 is 16.9 Å². The van der Waals surface area contributed by atoms with Crippen LogP contribution in [0.25, 0.3) is 11.0 Å². The number of rotatable bonds is 5. The Morgan fingerprint density at radius 2 is 1.81 bits per heavy atom. The molecule has 0 spiro atoms. The molecule has 0 radical (unpaired) electrons. The van der Waals surface area contributed by atoms with E-state index >= 15 is 0 Å². The molecule has 2 aromatic heterocycles. The van der Waals surface area contributed by atoms with Gasteiger partial charge in [-0.3, -0.25) is 4.79 Å². The molecule has 4 aromatic rings. The van der Waals surface area contributed by atoms with Crippen LogP contribution in [0.15, 0.2) is 77.6 Å². The number of fused-ring (bicyclic) bond motifs is 1. The minimum atomic E-state index is -0.329. The Kier molecular flexibility index (Phi) is 5.28. The average molecular weight is 417 g/mol. The molecule has 2 aromatic carbocycles. The first-order chi connectivity index (χ1) is 15.2. The van der Waals surface area contributed by atoms with Crippen molar-refractivity contribution in [2.75, 3.05) is 13.1 Å². The van der Waals surface area contributed by atoms with Crippen molar-refractivity contribution < 1.29 is 13.7 Å². The third-order valence-corrected chi connectivity index (χ3v) is 6.20. The number of hydrogen-bond acceptors (Lipinski definition) is 3. The molecule has 0 unspecified atom stereocenters. The fourth-order valence-corrected chi connectivity index (χ4v) is 4.52. The van der Waals surface area contributed by atoms with Gasteiger partial charge < -0.3 is 14.0 Å². The summed E-state index contributed by atoms with van der Waals surface area (Å²) < 4.78 is 20.8. The fraction of sp³-hybridized carbons (Fsp3) is 0.280. The number of nitrogens with zero attached hydrogens (tertiary/aromatic N) is 3. The van der Waals surface area contributed by atoms with E-state index in [0.717, 1.165) is 29.5 Å². The first-order valence-corrected chi connectivity index (χ1v) is 10.7. The molecule has 158 valence electrons. The zero-order valence-electron chi connectivity index (χ0n) is 17.2. The molecule has 1 atom stereocenters. The standard InChI is InChI=1S/C25H24FN3O2/c26-20-8-9-21-23(17-20)31-27-24(21)19-10-14-29(15-11-19)25(30)22(28-12-4-5-13-28)16-18-6-2-1-3-7-18/h1-9,12-13,17,19,22H,10-11,14-16H2/t22-/m0/s1. The number of aromatic nitrogens is 2. The molecule has 0 saturated carbocycles. The van der Waals surface area contributed by atoms with Crippen molar-refractivity contribution in [2.24, 2.45) is 0 Å². The summed E-state index contributed by atoms with van der Waals surface area (Å²) in [5, 5.41) is 5.07. The Morgan fingerprint density at radius 3 is 2.55 bits per heavy atom. The van der Waals surface area contributed by atoms with E-state index in [4.69, 9.17) is 4.52 Å². The van der Waals surface area contributed by atoms with Crippen LogP contribution in [0, 0.1) is 5.82 Å². The van der Waals surface area contributed by atoms with E-state index < -0.39 is 0 Å². The Morgan fingerprint density at radius 1 is 1.06 bits per heavy atom. The number of benzene rings is 2. The van der Waals surface area contributed by atoms with Crippen LogP contribution in [0.3, 0.4) is 0 Å². The van der Waals surface area contributed by atoms with Gasteiger partial charge in [-0.15, -0.1) is 0 Å². The van der Waals surface area contributed by atoms with E-state index in [0.29, 0.717) is 25.1 Å². The molecule has 1 saturated heterocycles. The van der Waals surface area contributed by atoms with Crippen molar-refractivity contribution in [3.63, 3.8) is 0 Å². The first-order valence-electron chi connectivity index (χ1n) is 10.7. The maximum Gasteiger partial charge on any atom is 0.245 e. The van der Waals surface area contributed by atoms with Crippen molar-refractivity contribution in [1.82, 2.24) is 14.6 Å². The van der Waals surface area contributed by atoms with E-state index in [1.165, 1.54) is 12.1 Å². The van der Waals surface area contributed by atoms with E-state index in [1.54, 1.807) is 6.07 Å². The molecule has 0 aliphatic carbocycles. The van der Waals surface area contributed by atoms with Gasteiger partial charge in [0.25, 0.3) is 0 Å². The van der Waals surface area contributed by atoms with Crippen LogP contribution >= 0.6 is 0 Å². The average Bonchev–Trinajstić information content (AvgIpc) is 3.48. The van der Waals surface area contributed by atoms with Gasteiger partial charge in [0.2, 0.25) is 5.91 Å². The van der Waals surface area contributed by atoms with Crippen LogP contribution in [-0.4, -0.2) is 33.6 Å². The molecular formula is C25H24FN3O2. The number of halogens is 1. The highest BCUT2D eigenvalue weighted by molar-refractivity contribution is 5.82. The van der Waals surface area contributed by atoms with Gasteiger partial charge in [0.1, 0.15) is 11.9 Å². The Labute approximate surface area is 180 Å². The lowest BCUT2D eigenvalue weighted by Crippen LogP contribution is -2.42. The highest BCUT2D eigenvalue weighted by Crippen LogP contribution is 2.33. The molecule has 1 amide bonds. The van der Waals surface area contributed by atoms with Crippen molar-refractivity contribution in [1.29, 1.82) is 0 Å². The molecule has 5 nitrogen and oxygen atoms in total. The molecule has 3 heterocycles. The van der Waals surface area contributed by atoms with Crippen LogP contribution in [0.5, 0.6) is 0 Å². The van der Waals surface area contributed by atoms with Gasteiger partial charge >= 0.3 is 0 Å². The van der Waals surface area contributed by atoms with Crippen molar-refractivity contribution in [3.8, 4) is 0 Å². The molecule has 1 aliphatic heterocycles. The molecule has 6 heteroatoms. The summed E-state index contributed by atoms with van der Waals surface area (Å²) in [6.45, 7) is 1.34. The summed E-state index contributed by atoms with van der Waals surface area (Å²) >= 11 is 0. The monoisotopic (exact) mass is 417 g/mol. The quantitative estimate of drug-likeness (QED) is 0.461. The van der Waals surface area contributed by atoms with Crippen LogP contribution in [0.1, 0.15) is 36.1 Å². The second-order valence-corrected chi connectivity index (χ2v) is 8.14. The topological polar surface area (TPSA) is 51.3 Å². The predicted molar refractivity (Wildman–Crippen MR) is 116 cm³/mol. The number of carbonyl (C=O) groups is 1. The lowest BCUT2D eigenvalue weighted by atomic mass is 9.91. The van der Waals surface area contributed by atoms with E-state index in [-0.39, 0.29) is 23.7 Å². The molecule has 5 rings (SSSR count). The molecule has 0 bridgehead atoms. The Hall–Kier alpha value is -3.41. The maximum absolute atomic E-state index is 13.5. The second-order valence-electron chi connectivity index (χ2n) is 8.14. The normalized spacial score (nSPS) is 16.0. The highest BCUT2D eigenvalue weighted by Gasteiger charge is 2.31. The minimum Gasteiger partial charge on any atom is -0.356 e. The summed E-state index contributed by atoms with van der Waals surface area (Å²) in [5.74, 6) is 0.0191. The van der Waals surface area contributed by atoms with Gasteiger partial charge in [0.05, 0.1) is 5.69 Å². The Balaban J connectivity index is 1.30. The summed E-state index contributed by atoms with van der Waals surface area (Å²) in [6.07, 6.45) is 6.20. The zero-order chi connectivity index (χ0) is 21.2. The summed E-state index contributed by atoms with van der Waals surface area (Å²) in [7, 11) is 0. The molecule has 0 N–H and O–H groups in total. The van der Waals surface area contributed by atoms with Crippen LogP contribution in [0.4, 0.5) is 4.39 Å². The minimum absolute atomic E-state index is 0.144. The van der Waals surface area contributed by atoms with Gasteiger partial charge in [-0.25, -0.2) is 4.39 Å². The maximum atomic E-state index is 13.5. The smallest absolute Gasteiger partial charge is 0.245 e. The Bertz CT molecular complexity index is 1160. The van der Waals surface area contributed by atoms with Gasteiger partial charge in [0, 0.05) is 49.3 Å². The van der Waals surface area contributed by atoms with E-state index in [2.05, 4.69) is 17.3 Å². The SMILES string of the molecule is O=C([C@H](Cc1ccccc1)n1cccc1)N1CCC(c2noc3cc(F)ccc23)CC1. The predicted octanol–water partition coefficient (Wildman–Crippen LogP) is 4.96. The van der Waals surface area contributed by atoms with Crippen LogP contribution in [0.2, 0.25) is 0 Å². The van der Waals surface area contributed by atoms with Crippen LogP contribution in [-0.2, 0) is 11.2 Å². The van der Waals surface area contributed by atoms with Gasteiger partial charge in [0.15, 0.2) is 5.58 Å². The summed E-state index contributed by atoms with van der Waals surface area (Å²) in [5.41, 5.74) is 2.49. The molecule has 31 heavy (non-hydrogen) atoms. The number of likely N-dealkylation sites (tertiary alicyclic amines) is 1. The third kappa shape index (κ3) is 3.98. The fourth-order valence-electron chi connectivity index (χ4n) is 4.52. The van der Waals surface area contributed by atoms with Crippen molar-refractivity contribution in [3.05, 3.63) is 90.1 Å². The largest absolute Gasteiger partial charge is 0.356 e. The van der Waals surface area contributed by atoms with Gasteiger partial charge in [-0.2, -0.15) is 0 Å². The first kappa shape index (κ1) is 19.5. The number of hydrogen-bond donors (Lipinski definition) is 0. The van der Waals surface area contributed by atoms with Gasteiger partial charge in [-0.05, 0) is 42.7 Å². The van der Waals surface area contributed by atoms with Crippen molar-refractivity contribution in [2.45, 2.75) is 31.2 Å². The van der Waals surface area contributed by atoms with E-state index in [1.807, 2.05) is 52.2 Å². The summed E-state index contributed by atoms with van der Waals surface area (Å²) in [4.78, 5) is 15.4. The molecule has 1 fully saturated rings.